The summed E-state index contributed by atoms with van der Waals surface area (Å²) < 4.78 is 6.18. The van der Waals surface area contributed by atoms with Gasteiger partial charge in [0, 0.05) is 27.7 Å². The molecule has 10 aromatic rings. The minimum atomic E-state index is 0.898. The van der Waals surface area contributed by atoms with Gasteiger partial charge in [0.15, 0.2) is 0 Å². The summed E-state index contributed by atoms with van der Waals surface area (Å²) >= 11 is 0. The first-order valence-corrected chi connectivity index (χ1v) is 17.8. The predicted molar refractivity (Wildman–Crippen MR) is 220 cm³/mol. The van der Waals surface area contributed by atoms with Gasteiger partial charge in [-0.05, 0) is 97.9 Å². The molecule has 0 amide bonds. The van der Waals surface area contributed by atoms with Crippen LogP contribution in [-0.4, -0.2) is 0 Å². The summed E-state index contributed by atoms with van der Waals surface area (Å²) in [5, 5.41) is 7.21. The van der Waals surface area contributed by atoms with E-state index in [0.717, 1.165) is 50.1 Å². The second-order valence-electron chi connectivity index (χ2n) is 13.3. The Hall–Kier alpha value is -6.90. The third-order valence-corrected chi connectivity index (χ3v) is 10.3. The summed E-state index contributed by atoms with van der Waals surface area (Å²) in [6.45, 7) is 0. The van der Waals surface area contributed by atoms with Gasteiger partial charge in [-0.1, -0.05) is 152 Å². The summed E-state index contributed by atoms with van der Waals surface area (Å²) in [5.41, 5.74) is 12.2. The first kappa shape index (κ1) is 30.0. The number of para-hydroxylation sites is 2. The fraction of sp³-hybridized carbons (Fsp3) is 0. The highest BCUT2D eigenvalue weighted by Gasteiger charge is 2.19. The summed E-state index contributed by atoms with van der Waals surface area (Å²) in [4.78, 5) is 2.38. The third-order valence-electron chi connectivity index (χ3n) is 10.3. The molecule has 0 unspecified atom stereocenters. The van der Waals surface area contributed by atoms with E-state index >= 15 is 0 Å². The SMILES string of the molecule is c1ccc(N(c2ccc(-c3ccc(-c4cccc5ccccc45)cc3)cc2)c2ccc3ccccc3c2)c(-c2ccc3oc4ccccc4c3c2)c1. The molecular formula is C50H33NO. The standard InChI is InChI=1S/C50H33NO/c1-2-12-39-32-42(30-26-34(39)10-1)51(48-18-7-5-15-45(48)40-27-31-50-47(33-40)46-16-6-8-19-49(46)52-50)41-28-24-36(25-29-41)35-20-22-38(23-21-35)44-17-9-13-37-11-3-4-14-43(37)44/h1-33H. The first-order valence-electron chi connectivity index (χ1n) is 17.8. The average molecular weight is 664 g/mol. The first-order chi connectivity index (χ1) is 25.8. The van der Waals surface area contributed by atoms with Crippen molar-refractivity contribution in [2.45, 2.75) is 0 Å². The molecule has 52 heavy (non-hydrogen) atoms. The van der Waals surface area contributed by atoms with Gasteiger partial charge in [-0.15, -0.1) is 0 Å². The highest BCUT2D eigenvalue weighted by atomic mass is 16.3. The Morgan fingerprint density at radius 2 is 0.885 bits per heavy atom. The molecule has 0 N–H and O–H groups in total. The van der Waals surface area contributed by atoms with Gasteiger partial charge in [-0.2, -0.15) is 0 Å². The van der Waals surface area contributed by atoms with Crippen LogP contribution >= 0.6 is 0 Å². The number of nitrogens with zero attached hydrogens (tertiary/aromatic N) is 1. The average Bonchev–Trinajstić information content (AvgIpc) is 3.59. The normalized spacial score (nSPS) is 11.5. The molecule has 0 fully saturated rings. The lowest BCUT2D eigenvalue weighted by Gasteiger charge is -2.28. The summed E-state index contributed by atoms with van der Waals surface area (Å²) in [6, 6.07) is 71.8. The molecule has 2 heteroatoms. The lowest BCUT2D eigenvalue weighted by molar-refractivity contribution is 0.669. The number of fused-ring (bicyclic) bond motifs is 5. The van der Waals surface area contributed by atoms with E-state index in [-0.39, 0.29) is 0 Å². The Labute approximate surface area is 302 Å². The maximum absolute atomic E-state index is 6.18. The zero-order valence-corrected chi connectivity index (χ0v) is 28.4. The van der Waals surface area contributed by atoms with Crippen LogP contribution in [0.5, 0.6) is 0 Å². The number of hydrogen-bond donors (Lipinski definition) is 0. The van der Waals surface area contributed by atoms with Gasteiger partial charge >= 0.3 is 0 Å². The highest BCUT2D eigenvalue weighted by Crippen LogP contribution is 2.43. The van der Waals surface area contributed by atoms with Gasteiger partial charge in [0.25, 0.3) is 0 Å². The molecule has 0 atom stereocenters. The molecule has 10 rings (SSSR count). The van der Waals surface area contributed by atoms with Crippen molar-refractivity contribution in [1.29, 1.82) is 0 Å². The molecular weight excluding hydrogens is 631 g/mol. The molecule has 0 saturated heterocycles. The molecule has 0 aliphatic rings. The van der Waals surface area contributed by atoms with Crippen molar-refractivity contribution < 1.29 is 4.42 Å². The smallest absolute Gasteiger partial charge is 0.135 e. The summed E-state index contributed by atoms with van der Waals surface area (Å²) in [7, 11) is 0. The van der Waals surface area contributed by atoms with Gasteiger partial charge in [0.2, 0.25) is 0 Å². The summed E-state index contributed by atoms with van der Waals surface area (Å²) in [6.07, 6.45) is 0. The van der Waals surface area contributed by atoms with E-state index in [1.165, 1.54) is 43.8 Å². The van der Waals surface area contributed by atoms with E-state index in [1.807, 2.05) is 12.1 Å². The summed E-state index contributed by atoms with van der Waals surface area (Å²) in [5.74, 6) is 0. The number of anilines is 3. The monoisotopic (exact) mass is 663 g/mol. The maximum atomic E-state index is 6.18. The van der Waals surface area contributed by atoms with E-state index < -0.39 is 0 Å². The second-order valence-corrected chi connectivity index (χ2v) is 13.3. The van der Waals surface area contributed by atoms with Gasteiger partial charge in [0.05, 0.1) is 5.69 Å². The van der Waals surface area contributed by atoms with Crippen molar-refractivity contribution in [2.75, 3.05) is 4.90 Å². The Bertz CT molecular complexity index is 2890. The van der Waals surface area contributed by atoms with E-state index in [1.54, 1.807) is 0 Å². The fourth-order valence-electron chi connectivity index (χ4n) is 7.67. The molecule has 0 saturated carbocycles. The Balaban J connectivity index is 1.06. The largest absolute Gasteiger partial charge is 0.456 e. The molecule has 9 aromatic carbocycles. The van der Waals surface area contributed by atoms with E-state index in [4.69, 9.17) is 4.42 Å². The van der Waals surface area contributed by atoms with Crippen LogP contribution in [0.25, 0.3) is 76.9 Å². The molecule has 1 heterocycles. The maximum Gasteiger partial charge on any atom is 0.135 e. The van der Waals surface area contributed by atoms with Crippen molar-refractivity contribution in [3.63, 3.8) is 0 Å². The number of rotatable bonds is 6. The number of benzene rings is 9. The molecule has 1 aromatic heterocycles. The van der Waals surface area contributed by atoms with E-state index in [2.05, 4.69) is 193 Å². The van der Waals surface area contributed by atoms with Gasteiger partial charge in [-0.3, -0.25) is 0 Å². The Morgan fingerprint density at radius 1 is 0.308 bits per heavy atom. The van der Waals surface area contributed by atoms with Crippen LogP contribution in [0.3, 0.4) is 0 Å². The van der Waals surface area contributed by atoms with E-state index in [0.29, 0.717) is 0 Å². The quantitative estimate of drug-likeness (QED) is 0.176. The molecule has 244 valence electrons. The van der Waals surface area contributed by atoms with Gasteiger partial charge in [0.1, 0.15) is 11.2 Å². The van der Waals surface area contributed by atoms with Crippen molar-refractivity contribution in [2.24, 2.45) is 0 Å². The Morgan fingerprint density at radius 3 is 1.73 bits per heavy atom. The molecule has 0 bridgehead atoms. The topological polar surface area (TPSA) is 16.4 Å². The van der Waals surface area contributed by atoms with Crippen molar-refractivity contribution in [3.05, 3.63) is 200 Å². The van der Waals surface area contributed by atoms with Gasteiger partial charge < -0.3 is 9.32 Å². The molecule has 0 spiro atoms. The zero-order chi connectivity index (χ0) is 34.4. The second kappa shape index (κ2) is 12.5. The molecule has 2 nitrogen and oxygen atoms in total. The number of hydrogen-bond acceptors (Lipinski definition) is 2. The van der Waals surface area contributed by atoms with Crippen LogP contribution < -0.4 is 4.90 Å². The molecule has 0 aliphatic carbocycles. The van der Waals surface area contributed by atoms with E-state index in [9.17, 15) is 0 Å². The number of furan rings is 1. The molecule has 0 aliphatic heterocycles. The van der Waals surface area contributed by atoms with Gasteiger partial charge in [-0.25, -0.2) is 0 Å². The Kier molecular flexibility index (Phi) is 7.18. The van der Waals surface area contributed by atoms with Crippen LogP contribution in [0.1, 0.15) is 0 Å². The third kappa shape index (κ3) is 5.21. The van der Waals surface area contributed by atoms with Crippen LogP contribution in [0.4, 0.5) is 17.1 Å². The fourth-order valence-corrected chi connectivity index (χ4v) is 7.67. The minimum absolute atomic E-state index is 0.898. The lowest BCUT2D eigenvalue weighted by atomic mass is 9.96. The zero-order valence-electron chi connectivity index (χ0n) is 28.4. The van der Waals surface area contributed by atoms with Crippen LogP contribution in [-0.2, 0) is 0 Å². The van der Waals surface area contributed by atoms with Crippen molar-refractivity contribution >= 4 is 60.5 Å². The molecule has 0 radical (unpaired) electrons. The van der Waals surface area contributed by atoms with Crippen molar-refractivity contribution in [1.82, 2.24) is 0 Å². The lowest BCUT2D eigenvalue weighted by Crippen LogP contribution is -2.11. The minimum Gasteiger partial charge on any atom is -0.456 e. The van der Waals surface area contributed by atoms with Crippen LogP contribution in [0.2, 0.25) is 0 Å². The van der Waals surface area contributed by atoms with Crippen molar-refractivity contribution in [3.8, 4) is 33.4 Å². The van der Waals surface area contributed by atoms with Crippen LogP contribution in [0.15, 0.2) is 205 Å². The predicted octanol–water partition coefficient (Wildman–Crippen LogP) is 14.4. The van der Waals surface area contributed by atoms with Crippen LogP contribution in [0, 0.1) is 0 Å². The highest BCUT2D eigenvalue weighted by molar-refractivity contribution is 6.07.